The van der Waals surface area contributed by atoms with Crippen LogP contribution in [-0.2, 0) is 6.42 Å². The van der Waals surface area contributed by atoms with Gasteiger partial charge in [-0.1, -0.05) is 23.7 Å². The van der Waals surface area contributed by atoms with E-state index in [4.69, 9.17) is 22.1 Å². The predicted octanol–water partition coefficient (Wildman–Crippen LogP) is 4.16. The minimum Gasteiger partial charge on any atom is -0.487 e. The Labute approximate surface area is 122 Å². The standard InChI is InChI=1S/C15H16ClNOS/c1-15(2)8-10-7-9(3-4-11(10)18-15)14(17)12-5-6-13(16)19-12/h3-7,14H,8,17H2,1-2H3. The lowest BCUT2D eigenvalue weighted by Gasteiger charge is -2.16. The quantitative estimate of drug-likeness (QED) is 0.902. The molecule has 0 amide bonds. The number of hydrogen-bond donors (Lipinski definition) is 1. The first-order chi connectivity index (χ1) is 8.94. The van der Waals surface area contributed by atoms with Crippen molar-refractivity contribution in [3.63, 3.8) is 0 Å². The normalized spacial score (nSPS) is 17.9. The molecular weight excluding hydrogens is 278 g/mol. The molecule has 0 saturated carbocycles. The monoisotopic (exact) mass is 293 g/mol. The number of hydrogen-bond acceptors (Lipinski definition) is 3. The van der Waals surface area contributed by atoms with E-state index in [1.165, 1.54) is 16.9 Å². The molecule has 0 fully saturated rings. The minimum absolute atomic E-state index is 0.114. The van der Waals surface area contributed by atoms with Crippen molar-refractivity contribution in [2.75, 3.05) is 0 Å². The fraction of sp³-hybridized carbons (Fsp3) is 0.333. The van der Waals surface area contributed by atoms with Gasteiger partial charge in [0.2, 0.25) is 0 Å². The van der Waals surface area contributed by atoms with Crippen LogP contribution in [0.15, 0.2) is 30.3 Å². The Kier molecular flexibility index (Phi) is 3.08. The highest BCUT2D eigenvalue weighted by Crippen LogP contribution is 2.37. The van der Waals surface area contributed by atoms with Gasteiger partial charge in [-0.15, -0.1) is 11.3 Å². The molecule has 0 aliphatic carbocycles. The molecule has 1 unspecified atom stereocenters. The fourth-order valence-electron chi connectivity index (χ4n) is 2.48. The topological polar surface area (TPSA) is 35.2 Å². The van der Waals surface area contributed by atoms with Crippen LogP contribution in [0.1, 0.15) is 35.9 Å². The van der Waals surface area contributed by atoms with E-state index in [0.717, 1.165) is 26.9 Å². The highest BCUT2D eigenvalue weighted by Gasteiger charge is 2.30. The molecule has 19 heavy (non-hydrogen) atoms. The zero-order valence-electron chi connectivity index (χ0n) is 10.9. The molecule has 1 aromatic carbocycles. The van der Waals surface area contributed by atoms with E-state index in [1.807, 2.05) is 24.3 Å². The first-order valence-electron chi connectivity index (χ1n) is 6.27. The van der Waals surface area contributed by atoms with Gasteiger partial charge in [0.05, 0.1) is 10.4 Å². The Morgan fingerprint density at radius 2 is 2.11 bits per heavy atom. The van der Waals surface area contributed by atoms with E-state index in [9.17, 15) is 0 Å². The van der Waals surface area contributed by atoms with Crippen LogP contribution in [0.25, 0.3) is 0 Å². The number of nitrogens with two attached hydrogens (primary N) is 1. The average molecular weight is 294 g/mol. The van der Waals surface area contributed by atoms with Crippen molar-refractivity contribution in [3.05, 3.63) is 50.7 Å². The van der Waals surface area contributed by atoms with Crippen LogP contribution in [0.5, 0.6) is 5.75 Å². The summed E-state index contributed by atoms with van der Waals surface area (Å²) in [6, 6.07) is 9.98. The summed E-state index contributed by atoms with van der Waals surface area (Å²) < 4.78 is 6.65. The molecule has 1 aliphatic heterocycles. The summed E-state index contributed by atoms with van der Waals surface area (Å²) in [5.41, 5.74) is 8.53. The summed E-state index contributed by atoms with van der Waals surface area (Å²) >= 11 is 7.50. The van der Waals surface area contributed by atoms with Crippen LogP contribution in [0.2, 0.25) is 4.34 Å². The zero-order chi connectivity index (χ0) is 13.6. The molecule has 2 N–H and O–H groups in total. The van der Waals surface area contributed by atoms with Crippen LogP contribution < -0.4 is 10.5 Å². The molecule has 0 radical (unpaired) electrons. The summed E-state index contributed by atoms with van der Waals surface area (Å²) in [7, 11) is 0. The molecule has 3 rings (SSSR count). The molecule has 0 spiro atoms. The van der Waals surface area contributed by atoms with Crippen molar-refractivity contribution in [2.45, 2.75) is 31.9 Å². The van der Waals surface area contributed by atoms with E-state index in [1.54, 1.807) is 0 Å². The Hall–Kier alpha value is -1.03. The Morgan fingerprint density at radius 1 is 1.32 bits per heavy atom. The molecule has 0 saturated heterocycles. The summed E-state index contributed by atoms with van der Waals surface area (Å²) in [4.78, 5) is 1.09. The first-order valence-corrected chi connectivity index (χ1v) is 7.47. The fourth-order valence-corrected chi connectivity index (χ4v) is 3.57. The molecule has 0 bridgehead atoms. The third-order valence-corrected chi connectivity index (χ3v) is 4.66. The van der Waals surface area contributed by atoms with Crippen LogP contribution in [0.4, 0.5) is 0 Å². The lowest BCUT2D eigenvalue weighted by molar-refractivity contribution is 0.138. The largest absolute Gasteiger partial charge is 0.487 e. The molecular formula is C15H16ClNOS. The smallest absolute Gasteiger partial charge is 0.123 e. The molecule has 1 atom stereocenters. The molecule has 2 heterocycles. The van der Waals surface area contributed by atoms with E-state index in [2.05, 4.69) is 19.9 Å². The van der Waals surface area contributed by atoms with Gasteiger partial charge in [0, 0.05) is 11.3 Å². The first kappa shape index (κ1) is 13.0. The van der Waals surface area contributed by atoms with Crippen molar-refractivity contribution in [1.82, 2.24) is 0 Å². The molecule has 1 aromatic heterocycles. The highest BCUT2D eigenvalue weighted by molar-refractivity contribution is 7.16. The summed E-state index contributed by atoms with van der Waals surface area (Å²) in [6.45, 7) is 4.21. The van der Waals surface area contributed by atoms with Crippen molar-refractivity contribution in [1.29, 1.82) is 0 Å². The number of thiophene rings is 1. The number of fused-ring (bicyclic) bond motifs is 1. The van der Waals surface area contributed by atoms with Gasteiger partial charge in [-0.25, -0.2) is 0 Å². The SMILES string of the molecule is CC1(C)Cc2cc(C(N)c3ccc(Cl)s3)ccc2O1. The van der Waals surface area contributed by atoms with Gasteiger partial charge in [-0.05, 0) is 43.2 Å². The van der Waals surface area contributed by atoms with Crippen molar-refractivity contribution in [2.24, 2.45) is 5.73 Å². The lowest BCUT2D eigenvalue weighted by Crippen LogP contribution is -2.24. The van der Waals surface area contributed by atoms with E-state index >= 15 is 0 Å². The number of halogens is 1. The second-order valence-electron chi connectivity index (χ2n) is 5.53. The van der Waals surface area contributed by atoms with Gasteiger partial charge in [0.1, 0.15) is 11.4 Å². The molecule has 4 heteroatoms. The van der Waals surface area contributed by atoms with Gasteiger partial charge in [-0.3, -0.25) is 0 Å². The third kappa shape index (κ3) is 2.50. The number of rotatable bonds is 2. The van der Waals surface area contributed by atoms with E-state index in [0.29, 0.717) is 0 Å². The summed E-state index contributed by atoms with van der Waals surface area (Å²) in [6.07, 6.45) is 0.925. The van der Waals surface area contributed by atoms with Crippen molar-refractivity contribution >= 4 is 22.9 Å². The van der Waals surface area contributed by atoms with E-state index in [-0.39, 0.29) is 11.6 Å². The third-order valence-electron chi connectivity index (χ3n) is 3.35. The Balaban J connectivity index is 1.92. The van der Waals surface area contributed by atoms with Crippen LogP contribution in [0.3, 0.4) is 0 Å². The van der Waals surface area contributed by atoms with Gasteiger partial charge >= 0.3 is 0 Å². The highest BCUT2D eigenvalue weighted by atomic mass is 35.5. The second-order valence-corrected chi connectivity index (χ2v) is 7.27. The summed E-state index contributed by atoms with van der Waals surface area (Å²) in [5, 5.41) is 0. The summed E-state index contributed by atoms with van der Waals surface area (Å²) in [5.74, 6) is 0.977. The van der Waals surface area contributed by atoms with Crippen molar-refractivity contribution in [3.8, 4) is 5.75 Å². The van der Waals surface area contributed by atoms with Gasteiger partial charge < -0.3 is 10.5 Å². The molecule has 1 aliphatic rings. The van der Waals surface area contributed by atoms with Crippen LogP contribution >= 0.6 is 22.9 Å². The Morgan fingerprint density at radius 3 is 2.79 bits per heavy atom. The van der Waals surface area contributed by atoms with Gasteiger partial charge in [0.25, 0.3) is 0 Å². The lowest BCUT2D eigenvalue weighted by atomic mass is 9.98. The zero-order valence-corrected chi connectivity index (χ0v) is 12.5. The van der Waals surface area contributed by atoms with Crippen LogP contribution in [-0.4, -0.2) is 5.60 Å². The molecule has 100 valence electrons. The minimum atomic E-state index is -0.119. The van der Waals surface area contributed by atoms with Crippen molar-refractivity contribution < 1.29 is 4.74 Å². The maximum absolute atomic E-state index is 6.30. The molecule has 2 nitrogen and oxygen atoms in total. The molecule has 2 aromatic rings. The average Bonchev–Trinajstić information content (AvgIpc) is 2.88. The maximum Gasteiger partial charge on any atom is 0.123 e. The number of ether oxygens (including phenoxy) is 1. The van der Waals surface area contributed by atoms with E-state index < -0.39 is 0 Å². The van der Waals surface area contributed by atoms with Crippen LogP contribution in [0, 0.1) is 0 Å². The Bertz CT molecular complexity index is 620. The number of benzene rings is 1. The predicted molar refractivity (Wildman–Crippen MR) is 80.2 cm³/mol. The van der Waals surface area contributed by atoms with Gasteiger partial charge in [0.15, 0.2) is 0 Å². The van der Waals surface area contributed by atoms with Gasteiger partial charge in [-0.2, -0.15) is 0 Å². The maximum atomic E-state index is 6.30. The second kappa shape index (κ2) is 4.51.